The molecule has 0 atom stereocenters. The lowest BCUT2D eigenvalue weighted by Crippen LogP contribution is -2.20. The summed E-state index contributed by atoms with van der Waals surface area (Å²) >= 11 is 0. The number of aryl methyl sites for hydroxylation is 1. The van der Waals surface area contributed by atoms with Gasteiger partial charge in [-0.1, -0.05) is 39.0 Å². The van der Waals surface area contributed by atoms with Gasteiger partial charge in [-0.05, 0) is 37.4 Å². The zero-order valence-electron chi connectivity index (χ0n) is 11.8. The number of hydrogen-bond donors (Lipinski definition) is 1. The van der Waals surface area contributed by atoms with E-state index in [1.54, 1.807) is 0 Å². The molecule has 0 aliphatic heterocycles. The maximum absolute atomic E-state index is 3.61. The molecule has 1 N–H and O–H groups in total. The van der Waals surface area contributed by atoms with Crippen molar-refractivity contribution in [2.24, 2.45) is 5.92 Å². The van der Waals surface area contributed by atoms with Crippen LogP contribution < -0.4 is 5.32 Å². The number of nitrogens with one attached hydrogen (secondary N) is 1. The van der Waals surface area contributed by atoms with Crippen LogP contribution in [0.4, 0.5) is 0 Å². The van der Waals surface area contributed by atoms with Crippen LogP contribution >= 0.6 is 0 Å². The number of nitrogens with zero attached hydrogens (tertiary/aromatic N) is 1. The van der Waals surface area contributed by atoms with Crippen LogP contribution in [0.5, 0.6) is 0 Å². The van der Waals surface area contributed by atoms with Crippen LogP contribution in [-0.4, -0.2) is 11.1 Å². The van der Waals surface area contributed by atoms with Gasteiger partial charge in [-0.3, -0.25) is 0 Å². The van der Waals surface area contributed by atoms with E-state index in [9.17, 15) is 0 Å². The second-order valence-corrected chi connectivity index (χ2v) is 5.66. The molecule has 0 saturated heterocycles. The van der Waals surface area contributed by atoms with Crippen LogP contribution in [0, 0.1) is 5.92 Å². The minimum absolute atomic E-state index is 0.994. The normalized spacial score (nSPS) is 17.2. The number of aromatic nitrogens is 1. The van der Waals surface area contributed by atoms with Gasteiger partial charge in [0.05, 0.1) is 0 Å². The van der Waals surface area contributed by atoms with E-state index in [1.807, 2.05) is 0 Å². The molecular formula is C16H28N2. The SMILES string of the molecule is CCCn1cccc1CNCCC1CCCCC1. The molecule has 2 heteroatoms. The van der Waals surface area contributed by atoms with Crippen LogP contribution in [-0.2, 0) is 13.1 Å². The van der Waals surface area contributed by atoms with Gasteiger partial charge in [-0.25, -0.2) is 0 Å². The van der Waals surface area contributed by atoms with Crippen molar-refractivity contribution in [2.45, 2.75) is 65.0 Å². The van der Waals surface area contributed by atoms with Crippen molar-refractivity contribution in [1.82, 2.24) is 9.88 Å². The summed E-state index contributed by atoms with van der Waals surface area (Å²) in [6, 6.07) is 4.40. The fourth-order valence-electron chi connectivity index (χ4n) is 3.07. The van der Waals surface area contributed by atoms with E-state index in [4.69, 9.17) is 0 Å². The molecule has 0 aromatic carbocycles. The molecule has 0 amide bonds. The quantitative estimate of drug-likeness (QED) is 0.723. The molecule has 2 nitrogen and oxygen atoms in total. The van der Waals surface area contributed by atoms with E-state index in [-0.39, 0.29) is 0 Å². The van der Waals surface area contributed by atoms with Gasteiger partial charge >= 0.3 is 0 Å². The predicted molar refractivity (Wildman–Crippen MR) is 77.6 cm³/mol. The summed E-state index contributed by atoms with van der Waals surface area (Å²) in [7, 11) is 0. The van der Waals surface area contributed by atoms with E-state index in [0.717, 1.165) is 19.0 Å². The Labute approximate surface area is 112 Å². The molecule has 1 aliphatic carbocycles. The molecule has 18 heavy (non-hydrogen) atoms. The van der Waals surface area contributed by atoms with Gasteiger partial charge in [0.25, 0.3) is 0 Å². The Morgan fingerprint density at radius 2 is 2.11 bits per heavy atom. The van der Waals surface area contributed by atoms with Gasteiger partial charge in [0.1, 0.15) is 0 Å². The third-order valence-electron chi connectivity index (χ3n) is 4.15. The summed E-state index contributed by atoms with van der Waals surface area (Å²) in [4.78, 5) is 0. The van der Waals surface area contributed by atoms with Crippen LogP contribution in [0.3, 0.4) is 0 Å². The van der Waals surface area contributed by atoms with Gasteiger partial charge in [-0.15, -0.1) is 0 Å². The average molecular weight is 248 g/mol. The van der Waals surface area contributed by atoms with Crippen LogP contribution in [0.25, 0.3) is 0 Å². The first kappa shape index (κ1) is 13.7. The Morgan fingerprint density at radius 3 is 2.89 bits per heavy atom. The first-order valence-corrected chi connectivity index (χ1v) is 7.75. The Bertz CT molecular complexity index is 324. The average Bonchev–Trinajstić information content (AvgIpc) is 2.84. The lowest BCUT2D eigenvalue weighted by molar-refractivity contribution is 0.333. The zero-order chi connectivity index (χ0) is 12.6. The third-order valence-corrected chi connectivity index (χ3v) is 4.15. The second kappa shape index (κ2) is 7.63. The molecule has 102 valence electrons. The number of hydrogen-bond acceptors (Lipinski definition) is 1. The van der Waals surface area contributed by atoms with E-state index >= 15 is 0 Å². The lowest BCUT2D eigenvalue weighted by atomic mass is 9.87. The Kier molecular flexibility index (Phi) is 5.79. The van der Waals surface area contributed by atoms with Gasteiger partial charge in [-0.2, -0.15) is 0 Å². The molecule has 1 aromatic rings. The van der Waals surface area contributed by atoms with E-state index in [1.165, 1.54) is 57.2 Å². The van der Waals surface area contributed by atoms with E-state index < -0.39 is 0 Å². The van der Waals surface area contributed by atoms with Crippen molar-refractivity contribution >= 4 is 0 Å². The topological polar surface area (TPSA) is 17.0 Å². The summed E-state index contributed by atoms with van der Waals surface area (Å²) in [5, 5.41) is 3.61. The summed E-state index contributed by atoms with van der Waals surface area (Å²) in [5.74, 6) is 0.994. The fourth-order valence-corrected chi connectivity index (χ4v) is 3.07. The van der Waals surface area contributed by atoms with Gasteiger partial charge in [0.2, 0.25) is 0 Å². The first-order chi connectivity index (χ1) is 8.90. The largest absolute Gasteiger partial charge is 0.350 e. The van der Waals surface area contributed by atoms with Crippen molar-refractivity contribution in [3.63, 3.8) is 0 Å². The molecule has 1 saturated carbocycles. The summed E-state index contributed by atoms with van der Waals surface area (Å²) in [5.41, 5.74) is 1.43. The summed E-state index contributed by atoms with van der Waals surface area (Å²) in [6.45, 7) is 5.59. The monoisotopic (exact) mass is 248 g/mol. The van der Waals surface area contributed by atoms with E-state index in [0.29, 0.717) is 0 Å². The van der Waals surface area contributed by atoms with Crippen LogP contribution in [0.1, 0.15) is 57.6 Å². The molecule has 0 radical (unpaired) electrons. The smallest absolute Gasteiger partial charge is 0.0359 e. The Morgan fingerprint density at radius 1 is 1.28 bits per heavy atom. The maximum atomic E-state index is 3.61. The minimum Gasteiger partial charge on any atom is -0.350 e. The fraction of sp³-hybridized carbons (Fsp3) is 0.750. The van der Waals surface area contributed by atoms with Gasteiger partial charge in [0, 0.05) is 25.0 Å². The molecule has 1 heterocycles. The predicted octanol–water partition coefficient (Wildman–Crippen LogP) is 3.96. The van der Waals surface area contributed by atoms with Crippen LogP contribution in [0.15, 0.2) is 18.3 Å². The van der Waals surface area contributed by atoms with Gasteiger partial charge in [0.15, 0.2) is 0 Å². The minimum atomic E-state index is 0.994. The second-order valence-electron chi connectivity index (χ2n) is 5.66. The third kappa shape index (κ3) is 4.16. The van der Waals surface area contributed by atoms with Gasteiger partial charge < -0.3 is 9.88 Å². The Hall–Kier alpha value is -0.760. The highest BCUT2D eigenvalue weighted by Crippen LogP contribution is 2.25. The van der Waals surface area contributed by atoms with E-state index in [2.05, 4.69) is 35.1 Å². The van der Waals surface area contributed by atoms with Crippen molar-refractivity contribution in [3.8, 4) is 0 Å². The van der Waals surface area contributed by atoms with Crippen molar-refractivity contribution in [1.29, 1.82) is 0 Å². The molecule has 2 rings (SSSR count). The molecule has 1 fully saturated rings. The molecule has 0 unspecified atom stereocenters. The maximum Gasteiger partial charge on any atom is 0.0359 e. The molecule has 1 aromatic heterocycles. The molecule has 0 spiro atoms. The highest BCUT2D eigenvalue weighted by molar-refractivity contribution is 5.06. The highest BCUT2D eigenvalue weighted by atomic mass is 15.0. The first-order valence-electron chi connectivity index (χ1n) is 7.75. The number of rotatable bonds is 7. The standard InChI is InChI=1S/C16H28N2/c1-2-12-18-13-6-9-16(18)14-17-11-10-15-7-4-3-5-8-15/h6,9,13,15,17H,2-5,7-8,10-12,14H2,1H3. The molecule has 0 bridgehead atoms. The summed E-state index contributed by atoms with van der Waals surface area (Å²) in [6.07, 6.45) is 12.1. The molecule has 1 aliphatic rings. The zero-order valence-corrected chi connectivity index (χ0v) is 11.8. The van der Waals surface area contributed by atoms with Crippen molar-refractivity contribution < 1.29 is 0 Å². The van der Waals surface area contributed by atoms with Crippen molar-refractivity contribution in [2.75, 3.05) is 6.54 Å². The van der Waals surface area contributed by atoms with Crippen LogP contribution in [0.2, 0.25) is 0 Å². The lowest BCUT2D eigenvalue weighted by Gasteiger charge is -2.21. The molecular weight excluding hydrogens is 220 g/mol. The van der Waals surface area contributed by atoms with Crippen molar-refractivity contribution in [3.05, 3.63) is 24.0 Å². The summed E-state index contributed by atoms with van der Waals surface area (Å²) < 4.78 is 2.37. The highest BCUT2D eigenvalue weighted by Gasteiger charge is 2.12. The Balaban J connectivity index is 1.63.